The van der Waals surface area contributed by atoms with E-state index in [4.69, 9.17) is 4.74 Å². The number of nitrogens with one attached hydrogen (secondary N) is 1. The van der Waals surface area contributed by atoms with Gasteiger partial charge in [0.1, 0.15) is 0 Å². The monoisotopic (exact) mass is 337 g/mol. The minimum atomic E-state index is 0.233. The van der Waals surface area contributed by atoms with Crippen LogP contribution in [0.2, 0.25) is 0 Å². The van der Waals surface area contributed by atoms with Crippen LogP contribution in [-0.4, -0.2) is 23.3 Å². The predicted octanol–water partition coefficient (Wildman–Crippen LogP) is 4.21. The van der Waals surface area contributed by atoms with E-state index in [1.807, 2.05) is 19.2 Å². The molecule has 2 aromatic rings. The highest BCUT2D eigenvalue weighted by molar-refractivity contribution is 9.10. The van der Waals surface area contributed by atoms with Gasteiger partial charge in [-0.2, -0.15) is 0 Å². The number of benzene rings is 1. The molecule has 0 saturated carbocycles. The van der Waals surface area contributed by atoms with E-state index < -0.39 is 0 Å². The van der Waals surface area contributed by atoms with Crippen molar-refractivity contribution in [3.05, 3.63) is 40.1 Å². The topological polar surface area (TPSA) is 39.1 Å². The normalized spacial score (nSPS) is 12.4. The highest BCUT2D eigenvalue weighted by Crippen LogP contribution is 2.24. The molecule has 0 bridgehead atoms. The number of nitrogens with zero attached hydrogens (tertiary/aromatic N) is 2. The lowest BCUT2D eigenvalue weighted by Crippen LogP contribution is -2.12. The third kappa shape index (κ3) is 3.61. The van der Waals surface area contributed by atoms with Gasteiger partial charge in [0.2, 0.25) is 5.95 Å². The zero-order chi connectivity index (χ0) is 14.7. The van der Waals surface area contributed by atoms with Crippen molar-refractivity contribution in [3.63, 3.8) is 0 Å². The molecule has 1 heterocycles. The van der Waals surface area contributed by atoms with Gasteiger partial charge in [-0.05, 0) is 44.5 Å². The van der Waals surface area contributed by atoms with Gasteiger partial charge < -0.3 is 14.6 Å². The number of imidazole rings is 1. The fourth-order valence-corrected chi connectivity index (χ4v) is 2.81. The van der Waals surface area contributed by atoms with Crippen LogP contribution in [0.25, 0.3) is 0 Å². The van der Waals surface area contributed by atoms with Crippen molar-refractivity contribution in [3.8, 4) is 0 Å². The van der Waals surface area contributed by atoms with Crippen LogP contribution in [0.1, 0.15) is 24.2 Å². The first-order valence-corrected chi connectivity index (χ1v) is 7.37. The largest absolute Gasteiger partial charge is 0.383 e. The third-order valence-electron chi connectivity index (χ3n) is 3.03. The Hall–Kier alpha value is -1.33. The van der Waals surface area contributed by atoms with Gasteiger partial charge in [-0.15, -0.1) is 0 Å². The van der Waals surface area contributed by atoms with Crippen LogP contribution in [0.5, 0.6) is 0 Å². The van der Waals surface area contributed by atoms with E-state index in [1.165, 1.54) is 5.56 Å². The van der Waals surface area contributed by atoms with Crippen LogP contribution >= 0.6 is 15.9 Å². The van der Waals surface area contributed by atoms with Crippen molar-refractivity contribution < 1.29 is 4.74 Å². The first kappa shape index (κ1) is 15.1. The summed E-state index contributed by atoms with van der Waals surface area (Å²) >= 11 is 3.52. The van der Waals surface area contributed by atoms with Crippen LogP contribution in [0, 0.1) is 13.8 Å². The summed E-state index contributed by atoms with van der Waals surface area (Å²) in [5, 5.41) is 3.38. The number of rotatable bonds is 5. The third-order valence-corrected chi connectivity index (χ3v) is 3.49. The van der Waals surface area contributed by atoms with Crippen molar-refractivity contribution >= 4 is 27.6 Å². The average molecular weight is 338 g/mol. The molecule has 5 heteroatoms. The van der Waals surface area contributed by atoms with Gasteiger partial charge in [0, 0.05) is 23.5 Å². The molecular weight excluding hydrogens is 318 g/mol. The summed E-state index contributed by atoms with van der Waals surface area (Å²) in [7, 11) is 1.71. The maximum Gasteiger partial charge on any atom is 0.207 e. The molecule has 108 valence electrons. The number of hydrogen-bond acceptors (Lipinski definition) is 3. The summed E-state index contributed by atoms with van der Waals surface area (Å²) in [6.45, 7) is 6.83. The molecule has 0 fully saturated rings. The molecule has 4 nitrogen and oxygen atoms in total. The minimum Gasteiger partial charge on any atom is -0.383 e. The first-order chi connectivity index (χ1) is 9.49. The SMILES string of the molecule is COCC(C)n1cc(C)nc1Nc1cc(C)cc(Br)c1. The van der Waals surface area contributed by atoms with Crippen molar-refractivity contribution in [2.24, 2.45) is 0 Å². The molecule has 0 aliphatic carbocycles. The van der Waals surface area contributed by atoms with E-state index in [2.05, 4.69) is 56.8 Å². The molecule has 1 aromatic carbocycles. The molecule has 0 amide bonds. The Morgan fingerprint density at radius 1 is 1.35 bits per heavy atom. The number of aromatic nitrogens is 2. The minimum absolute atomic E-state index is 0.233. The first-order valence-electron chi connectivity index (χ1n) is 6.58. The van der Waals surface area contributed by atoms with Gasteiger partial charge in [0.05, 0.1) is 18.3 Å². The lowest BCUT2D eigenvalue weighted by molar-refractivity contribution is 0.163. The fraction of sp³-hybridized carbons (Fsp3) is 0.400. The molecule has 1 N–H and O–H groups in total. The van der Waals surface area contributed by atoms with Crippen molar-refractivity contribution in [1.82, 2.24) is 9.55 Å². The summed E-state index contributed by atoms with van der Waals surface area (Å²) < 4.78 is 8.39. The van der Waals surface area contributed by atoms with Crippen molar-refractivity contribution in [1.29, 1.82) is 0 Å². The Morgan fingerprint density at radius 3 is 2.75 bits per heavy atom. The molecule has 1 unspecified atom stereocenters. The summed E-state index contributed by atoms with van der Waals surface area (Å²) in [5.41, 5.74) is 3.21. The van der Waals surface area contributed by atoms with Crippen molar-refractivity contribution in [2.45, 2.75) is 26.8 Å². The van der Waals surface area contributed by atoms with Crippen LogP contribution in [-0.2, 0) is 4.74 Å². The van der Waals surface area contributed by atoms with Gasteiger partial charge in [0.15, 0.2) is 0 Å². The van der Waals surface area contributed by atoms with E-state index in [9.17, 15) is 0 Å². The quantitative estimate of drug-likeness (QED) is 0.887. The Labute approximate surface area is 128 Å². The second-order valence-corrected chi connectivity index (χ2v) is 5.98. The molecule has 1 aromatic heterocycles. The molecule has 20 heavy (non-hydrogen) atoms. The van der Waals surface area contributed by atoms with Gasteiger partial charge in [0.25, 0.3) is 0 Å². The molecule has 1 atom stereocenters. The Morgan fingerprint density at radius 2 is 2.10 bits per heavy atom. The van der Waals surface area contributed by atoms with E-state index >= 15 is 0 Å². The van der Waals surface area contributed by atoms with Gasteiger partial charge in [-0.25, -0.2) is 4.98 Å². The Balaban J connectivity index is 2.28. The van der Waals surface area contributed by atoms with Crippen LogP contribution in [0.15, 0.2) is 28.9 Å². The lowest BCUT2D eigenvalue weighted by Gasteiger charge is -2.16. The Kier molecular flexibility index (Phi) is 4.83. The Bertz CT molecular complexity index is 575. The molecule has 2 rings (SSSR count). The van der Waals surface area contributed by atoms with Gasteiger partial charge >= 0.3 is 0 Å². The van der Waals surface area contributed by atoms with E-state index in [1.54, 1.807) is 7.11 Å². The molecular formula is C15H20BrN3O. The number of ether oxygens (including phenoxy) is 1. The number of aryl methyl sites for hydroxylation is 2. The molecule has 0 aliphatic rings. The summed E-state index contributed by atoms with van der Waals surface area (Å²) in [6.07, 6.45) is 2.04. The zero-order valence-corrected chi connectivity index (χ0v) is 13.9. The number of methoxy groups -OCH3 is 1. The molecule has 0 radical (unpaired) electrons. The number of anilines is 2. The van der Waals surface area contributed by atoms with Crippen molar-refractivity contribution in [2.75, 3.05) is 19.0 Å². The van der Waals surface area contributed by atoms with Gasteiger partial charge in [-0.1, -0.05) is 15.9 Å². The average Bonchev–Trinajstić information content (AvgIpc) is 2.69. The highest BCUT2D eigenvalue weighted by Gasteiger charge is 2.12. The predicted molar refractivity (Wildman–Crippen MR) is 85.7 cm³/mol. The maximum atomic E-state index is 5.23. The standard InChI is InChI=1S/C15H20BrN3O/c1-10-5-13(16)7-14(6-10)18-15-17-11(2)8-19(15)12(3)9-20-4/h5-8,12H,9H2,1-4H3,(H,17,18). The van der Waals surface area contributed by atoms with Crippen LogP contribution < -0.4 is 5.32 Å². The smallest absolute Gasteiger partial charge is 0.207 e. The maximum absolute atomic E-state index is 5.23. The highest BCUT2D eigenvalue weighted by atomic mass is 79.9. The van der Waals surface area contributed by atoms with Gasteiger partial charge in [-0.3, -0.25) is 0 Å². The van der Waals surface area contributed by atoms with E-state index in [-0.39, 0.29) is 6.04 Å². The summed E-state index contributed by atoms with van der Waals surface area (Å²) in [4.78, 5) is 4.55. The van der Waals surface area contributed by atoms with E-state index in [0.29, 0.717) is 6.61 Å². The van der Waals surface area contributed by atoms with Crippen LogP contribution in [0.3, 0.4) is 0 Å². The fourth-order valence-electron chi connectivity index (χ4n) is 2.20. The summed E-state index contributed by atoms with van der Waals surface area (Å²) in [5.74, 6) is 0.838. The van der Waals surface area contributed by atoms with E-state index in [0.717, 1.165) is 21.8 Å². The second kappa shape index (κ2) is 6.41. The second-order valence-electron chi connectivity index (χ2n) is 5.06. The lowest BCUT2D eigenvalue weighted by atomic mass is 10.2. The molecule has 0 spiro atoms. The number of hydrogen-bond donors (Lipinski definition) is 1. The number of halogens is 1. The summed E-state index contributed by atoms with van der Waals surface area (Å²) in [6, 6.07) is 6.45. The molecule has 0 aliphatic heterocycles. The van der Waals surface area contributed by atoms with Crippen LogP contribution in [0.4, 0.5) is 11.6 Å². The zero-order valence-electron chi connectivity index (χ0n) is 12.3. The molecule has 0 saturated heterocycles.